The Labute approximate surface area is 104 Å². The van der Waals surface area contributed by atoms with E-state index in [1.807, 2.05) is 12.1 Å². The van der Waals surface area contributed by atoms with Gasteiger partial charge in [0.25, 0.3) is 0 Å². The highest BCUT2D eigenvalue weighted by molar-refractivity contribution is 7.98. The van der Waals surface area contributed by atoms with Crippen molar-refractivity contribution >= 4 is 29.3 Å². The molecule has 1 rings (SSSR count). The molecule has 0 fully saturated rings. The Bertz CT molecular complexity index is 368. The van der Waals surface area contributed by atoms with Gasteiger partial charge in [-0.1, -0.05) is 11.6 Å². The molecule has 1 aromatic rings. The second-order valence-corrected chi connectivity index (χ2v) is 4.69. The molecular weight excluding hydrogens is 248 g/mol. The van der Waals surface area contributed by atoms with E-state index in [1.54, 1.807) is 24.9 Å². The molecule has 0 atom stereocenters. The van der Waals surface area contributed by atoms with Crippen LogP contribution in [-0.4, -0.2) is 23.9 Å². The van der Waals surface area contributed by atoms with Crippen LogP contribution in [-0.2, 0) is 10.5 Å². The van der Waals surface area contributed by atoms with Crippen molar-refractivity contribution in [1.29, 1.82) is 0 Å². The van der Waals surface area contributed by atoms with Crippen LogP contribution in [0.25, 0.3) is 0 Å². The number of carbonyl (C=O) groups is 1. The van der Waals surface area contributed by atoms with Gasteiger partial charge in [-0.15, -0.1) is 0 Å². The van der Waals surface area contributed by atoms with Crippen molar-refractivity contribution in [3.63, 3.8) is 0 Å². The predicted molar refractivity (Wildman–Crippen MR) is 66.4 cm³/mol. The second-order valence-electron chi connectivity index (χ2n) is 3.15. The lowest BCUT2D eigenvalue weighted by molar-refractivity contribution is -0.136. The van der Waals surface area contributed by atoms with Gasteiger partial charge in [0, 0.05) is 22.1 Å². The molecule has 0 saturated carbocycles. The van der Waals surface area contributed by atoms with Crippen LogP contribution in [0.15, 0.2) is 18.2 Å². The Morgan fingerprint density at radius 3 is 2.94 bits per heavy atom. The first-order chi connectivity index (χ1) is 7.63. The number of thioether (sulfide) groups is 1. The summed E-state index contributed by atoms with van der Waals surface area (Å²) in [5.41, 5.74) is 0.991. The van der Waals surface area contributed by atoms with Gasteiger partial charge in [0.2, 0.25) is 0 Å². The first-order valence-corrected chi connectivity index (χ1v) is 6.28. The van der Waals surface area contributed by atoms with Crippen molar-refractivity contribution in [2.24, 2.45) is 0 Å². The molecule has 0 unspecified atom stereocenters. The van der Waals surface area contributed by atoms with Gasteiger partial charge >= 0.3 is 5.97 Å². The van der Waals surface area contributed by atoms with Crippen molar-refractivity contribution in [2.75, 3.05) is 12.9 Å². The zero-order valence-corrected chi connectivity index (χ0v) is 10.5. The molecular formula is C11H13ClO3S. The molecule has 16 heavy (non-hydrogen) atoms. The van der Waals surface area contributed by atoms with Crippen molar-refractivity contribution in [3.05, 3.63) is 28.8 Å². The standard InChI is InChI=1S/C11H13ClO3S/c1-15-10-3-2-9(12)6-8(10)7-16-5-4-11(13)14/h2-3,6H,4-5,7H2,1H3,(H,13,14). The third kappa shape index (κ3) is 4.33. The number of carboxylic acid groups (broad SMARTS) is 1. The Morgan fingerprint density at radius 2 is 2.31 bits per heavy atom. The van der Waals surface area contributed by atoms with E-state index >= 15 is 0 Å². The lowest BCUT2D eigenvalue weighted by Gasteiger charge is -2.08. The monoisotopic (exact) mass is 260 g/mol. The summed E-state index contributed by atoms with van der Waals surface area (Å²) in [6, 6.07) is 5.43. The fourth-order valence-electron chi connectivity index (χ4n) is 1.20. The van der Waals surface area contributed by atoms with Gasteiger partial charge in [-0.25, -0.2) is 0 Å². The highest BCUT2D eigenvalue weighted by Gasteiger charge is 2.04. The van der Waals surface area contributed by atoms with Gasteiger partial charge in [-0.05, 0) is 18.2 Å². The zero-order valence-electron chi connectivity index (χ0n) is 8.90. The van der Waals surface area contributed by atoms with Crippen molar-refractivity contribution in [2.45, 2.75) is 12.2 Å². The fraction of sp³-hybridized carbons (Fsp3) is 0.364. The quantitative estimate of drug-likeness (QED) is 0.799. The van der Waals surface area contributed by atoms with E-state index in [9.17, 15) is 4.79 Å². The van der Waals surface area contributed by atoms with E-state index in [4.69, 9.17) is 21.4 Å². The molecule has 0 amide bonds. The van der Waals surface area contributed by atoms with Crippen LogP contribution < -0.4 is 4.74 Å². The SMILES string of the molecule is COc1ccc(Cl)cc1CSCCC(=O)O. The van der Waals surface area contributed by atoms with E-state index in [0.29, 0.717) is 16.5 Å². The smallest absolute Gasteiger partial charge is 0.304 e. The number of benzene rings is 1. The summed E-state index contributed by atoms with van der Waals surface area (Å²) in [5, 5.41) is 9.16. The van der Waals surface area contributed by atoms with Gasteiger partial charge in [-0.2, -0.15) is 11.8 Å². The van der Waals surface area contributed by atoms with Crippen LogP contribution in [0.2, 0.25) is 5.02 Å². The molecule has 0 heterocycles. The number of halogens is 1. The minimum absolute atomic E-state index is 0.174. The van der Waals surface area contributed by atoms with Gasteiger partial charge in [-0.3, -0.25) is 4.79 Å². The molecule has 3 nitrogen and oxygen atoms in total. The highest BCUT2D eigenvalue weighted by atomic mass is 35.5. The molecule has 1 N–H and O–H groups in total. The van der Waals surface area contributed by atoms with Crippen LogP contribution in [0.4, 0.5) is 0 Å². The van der Waals surface area contributed by atoms with E-state index < -0.39 is 5.97 Å². The van der Waals surface area contributed by atoms with Gasteiger partial charge in [0.1, 0.15) is 5.75 Å². The molecule has 0 aliphatic carbocycles. The Morgan fingerprint density at radius 1 is 1.56 bits per heavy atom. The normalized spacial score (nSPS) is 10.1. The van der Waals surface area contributed by atoms with E-state index in [0.717, 1.165) is 11.3 Å². The molecule has 0 spiro atoms. The molecule has 5 heteroatoms. The molecule has 0 aliphatic heterocycles. The third-order valence-corrected chi connectivity index (χ3v) is 3.20. The third-order valence-electron chi connectivity index (χ3n) is 1.96. The van der Waals surface area contributed by atoms with Gasteiger partial charge in [0.15, 0.2) is 0 Å². The minimum atomic E-state index is -0.773. The Balaban J connectivity index is 2.51. The Hall–Kier alpha value is -0.870. The molecule has 0 aromatic heterocycles. The number of methoxy groups -OCH3 is 1. The first-order valence-electron chi connectivity index (χ1n) is 4.75. The summed E-state index contributed by atoms with van der Waals surface area (Å²) >= 11 is 7.43. The van der Waals surface area contributed by atoms with Crippen LogP contribution in [0.5, 0.6) is 5.75 Å². The maximum absolute atomic E-state index is 10.3. The van der Waals surface area contributed by atoms with Crippen molar-refractivity contribution in [3.8, 4) is 5.75 Å². The van der Waals surface area contributed by atoms with E-state index in [2.05, 4.69) is 0 Å². The topological polar surface area (TPSA) is 46.5 Å². The van der Waals surface area contributed by atoms with Crippen molar-refractivity contribution in [1.82, 2.24) is 0 Å². The summed E-state index contributed by atoms with van der Waals surface area (Å²) in [7, 11) is 1.61. The summed E-state index contributed by atoms with van der Waals surface area (Å²) in [5.74, 6) is 1.31. The molecule has 0 bridgehead atoms. The molecule has 1 aromatic carbocycles. The Kier molecular flexibility index (Phi) is 5.49. The number of hydrogen-bond acceptors (Lipinski definition) is 3. The van der Waals surface area contributed by atoms with Crippen LogP contribution >= 0.6 is 23.4 Å². The fourth-order valence-corrected chi connectivity index (χ4v) is 2.31. The van der Waals surface area contributed by atoms with E-state index in [1.165, 1.54) is 0 Å². The summed E-state index contributed by atoms with van der Waals surface area (Å²) in [4.78, 5) is 10.3. The van der Waals surface area contributed by atoms with E-state index in [-0.39, 0.29) is 6.42 Å². The first kappa shape index (κ1) is 13.2. The van der Waals surface area contributed by atoms with Crippen LogP contribution in [0.3, 0.4) is 0 Å². The number of carboxylic acids is 1. The highest BCUT2D eigenvalue weighted by Crippen LogP contribution is 2.26. The number of hydrogen-bond donors (Lipinski definition) is 1. The van der Waals surface area contributed by atoms with Crippen molar-refractivity contribution < 1.29 is 14.6 Å². The van der Waals surface area contributed by atoms with Gasteiger partial charge < -0.3 is 9.84 Å². The number of ether oxygens (including phenoxy) is 1. The molecule has 0 aliphatic rings. The average Bonchev–Trinajstić information content (AvgIpc) is 2.24. The summed E-state index contributed by atoms with van der Waals surface area (Å²) < 4.78 is 5.19. The van der Waals surface area contributed by atoms with Gasteiger partial charge in [0.05, 0.1) is 13.5 Å². The summed E-state index contributed by atoms with van der Waals surface area (Å²) in [6.45, 7) is 0. The molecule has 0 radical (unpaired) electrons. The zero-order chi connectivity index (χ0) is 12.0. The lowest BCUT2D eigenvalue weighted by Crippen LogP contribution is -1.97. The predicted octanol–water partition coefficient (Wildman–Crippen LogP) is 3.06. The minimum Gasteiger partial charge on any atom is -0.496 e. The molecule has 0 saturated heterocycles. The van der Waals surface area contributed by atoms with Crippen LogP contribution in [0, 0.1) is 0 Å². The number of aliphatic carboxylic acids is 1. The van der Waals surface area contributed by atoms with Crippen LogP contribution in [0.1, 0.15) is 12.0 Å². The lowest BCUT2D eigenvalue weighted by atomic mass is 10.2. The number of rotatable bonds is 6. The maximum Gasteiger partial charge on any atom is 0.304 e. The largest absolute Gasteiger partial charge is 0.496 e. The summed E-state index contributed by atoms with van der Waals surface area (Å²) in [6.07, 6.45) is 0.174. The molecule has 88 valence electrons. The maximum atomic E-state index is 10.3. The second kappa shape index (κ2) is 6.66. The average molecular weight is 261 g/mol.